The first-order valence-electron chi connectivity index (χ1n) is 5.92. The van der Waals surface area contributed by atoms with Gasteiger partial charge in [0.25, 0.3) is 0 Å². The predicted octanol–water partition coefficient (Wildman–Crippen LogP) is 2.35. The number of hydrogen-bond donors (Lipinski definition) is 0. The van der Waals surface area contributed by atoms with Crippen LogP contribution in [0.15, 0.2) is 18.2 Å². The summed E-state index contributed by atoms with van der Waals surface area (Å²) in [5.74, 6) is -2.56. The standard InChI is InChI=1S/C13H14ClFO5/c1-2-6-19-11(16)7-18-8-12(17)20-13-9(14)4-3-5-10(13)15/h3-5H,2,6-8H2,1H3. The van der Waals surface area contributed by atoms with Crippen molar-refractivity contribution in [3.63, 3.8) is 0 Å². The van der Waals surface area contributed by atoms with E-state index >= 15 is 0 Å². The van der Waals surface area contributed by atoms with Gasteiger partial charge in [-0.3, -0.25) is 0 Å². The smallest absolute Gasteiger partial charge is 0.337 e. The first-order valence-corrected chi connectivity index (χ1v) is 6.30. The van der Waals surface area contributed by atoms with Gasteiger partial charge in [0.15, 0.2) is 11.6 Å². The summed E-state index contributed by atoms with van der Waals surface area (Å²) >= 11 is 5.68. The predicted molar refractivity (Wildman–Crippen MR) is 69.1 cm³/mol. The van der Waals surface area contributed by atoms with Gasteiger partial charge in [0.2, 0.25) is 0 Å². The molecule has 0 heterocycles. The fourth-order valence-electron chi connectivity index (χ4n) is 1.20. The molecule has 0 atom stereocenters. The Kier molecular flexibility index (Phi) is 6.97. The van der Waals surface area contributed by atoms with Crippen LogP contribution in [0.4, 0.5) is 4.39 Å². The number of esters is 2. The fourth-order valence-corrected chi connectivity index (χ4v) is 1.40. The summed E-state index contributed by atoms with van der Waals surface area (Å²) in [5, 5.41) is -0.0271. The Labute approximate surface area is 120 Å². The third-order valence-corrected chi connectivity index (χ3v) is 2.34. The highest BCUT2D eigenvalue weighted by molar-refractivity contribution is 6.32. The van der Waals surface area contributed by atoms with Gasteiger partial charge in [0.05, 0.1) is 11.6 Å². The number of benzene rings is 1. The Bertz CT molecular complexity index is 458. The summed E-state index contributed by atoms with van der Waals surface area (Å²) in [4.78, 5) is 22.5. The molecule has 0 amide bonds. The minimum atomic E-state index is -0.861. The molecule has 0 bridgehead atoms. The maximum Gasteiger partial charge on any atom is 0.337 e. The van der Waals surface area contributed by atoms with Crippen molar-refractivity contribution in [2.24, 2.45) is 0 Å². The van der Waals surface area contributed by atoms with E-state index in [1.54, 1.807) is 0 Å². The monoisotopic (exact) mass is 304 g/mol. The van der Waals surface area contributed by atoms with Crippen molar-refractivity contribution in [3.8, 4) is 5.75 Å². The van der Waals surface area contributed by atoms with Gasteiger partial charge in [-0.05, 0) is 18.6 Å². The van der Waals surface area contributed by atoms with Crippen LogP contribution in [0.5, 0.6) is 5.75 Å². The number of hydrogen-bond acceptors (Lipinski definition) is 5. The summed E-state index contributed by atoms with van der Waals surface area (Å²) in [6.45, 7) is 1.26. The number of carbonyl (C=O) groups excluding carboxylic acids is 2. The molecule has 0 spiro atoms. The van der Waals surface area contributed by atoms with Gasteiger partial charge in [0, 0.05) is 0 Å². The molecule has 0 N–H and O–H groups in total. The van der Waals surface area contributed by atoms with Gasteiger partial charge in [-0.1, -0.05) is 24.6 Å². The van der Waals surface area contributed by atoms with Crippen LogP contribution >= 0.6 is 11.6 Å². The molecular formula is C13H14ClFO5. The minimum Gasteiger partial charge on any atom is -0.464 e. The number of halogens is 2. The molecule has 5 nitrogen and oxygen atoms in total. The van der Waals surface area contributed by atoms with E-state index in [0.717, 1.165) is 6.07 Å². The molecule has 0 unspecified atom stereocenters. The highest BCUT2D eigenvalue weighted by Gasteiger charge is 2.14. The lowest BCUT2D eigenvalue weighted by Gasteiger charge is -2.07. The second kappa shape index (κ2) is 8.50. The van der Waals surface area contributed by atoms with E-state index in [-0.39, 0.29) is 24.0 Å². The van der Waals surface area contributed by atoms with Crippen molar-refractivity contribution in [1.29, 1.82) is 0 Å². The zero-order chi connectivity index (χ0) is 15.0. The van der Waals surface area contributed by atoms with Gasteiger partial charge in [-0.25, -0.2) is 14.0 Å². The topological polar surface area (TPSA) is 61.8 Å². The van der Waals surface area contributed by atoms with Crippen LogP contribution in [-0.4, -0.2) is 31.8 Å². The maximum absolute atomic E-state index is 13.3. The summed E-state index contributed by atoms with van der Waals surface area (Å²) < 4.78 is 27.6. The van der Waals surface area contributed by atoms with E-state index in [0.29, 0.717) is 6.42 Å². The van der Waals surface area contributed by atoms with Crippen LogP contribution in [0.2, 0.25) is 5.02 Å². The highest BCUT2D eigenvalue weighted by Crippen LogP contribution is 2.27. The molecule has 20 heavy (non-hydrogen) atoms. The lowest BCUT2D eigenvalue weighted by molar-refractivity contribution is -0.152. The summed E-state index contributed by atoms with van der Waals surface area (Å²) in [5.41, 5.74) is 0. The molecule has 1 rings (SSSR count). The second-order valence-corrected chi connectivity index (χ2v) is 4.15. The molecule has 0 fully saturated rings. The molecule has 0 saturated carbocycles. The second-order valence-electron chi connectivity index (χ2n) is 3.74. The molecule has 0 aliphatic rings. The molecule has 0 aliphatic heterocycles. The average molecular weight is 305 g/mol. The minimum absolute atomic E-state index is 0.0271. The first kappa shape index (κ1) is 16.4. The summed E-state index contributed by atoms with van der Waals surface area (Å²) in [6.07, 6.45) is 0.694. The number of rotatable bonds is 7. The zero-order valence-corrected chi connectivity index (χ0v) is 11.6. The van der Waals surface area contributed by atoms with E-state index in [1.165, 1.54) is 12.1 Å². The van der Waals surface area contributed by atoms with Crippen LogP contribution in [0.3, 0.4) is 0 Å². The zero-order valence-electron chi connectivity index (χ0n) is 10.9. The van der Waals surface area contributed by atoms with Gasteiger partial charge < -0.3 is 14.2 Å². The Morgan fingerprint density at radius 1 is 1.25 bits per heavy atom. The Balaban J connectivity index is 2.36. The van der Waals surface area contributed by atoms with Crippen molar-refractivity contribution in [2.75, 3.05) is 19.8 Å². The Morgan fingerprint density at radius 2 is 1.95 bits per heavy atom. The van der Waals surface area contributed by atoms with E-state index in [1.807, 2.05) is 6.92 Å². The average Bonchev–Trinajstić information content (AvgIpc) is 2.41. The number of para-hydroxylation sites is 1. The van der Waals surface area contributed by atoms with E-state index < -0.39 is 24.4 Å². The van der Waals surface area contributed by atoms with E-state index in [4.69, 9.17) is 25.8 Å². The van der Waals surface area contributed by atoms with E-state index in [2.05, 4.69) is 0 Å². The quantitative estimate of drug-likeness (QED) is 0.571. The van der Waals surface area contributed by atoms with E-state index in [9.17, 15) is 14.0 Å². The molecule has 0 saturated heterocycles. The van der Waals surface area contributed by atoms with Crippen LogP contribution in [0.1, 0.15) is 13.3 Å². The van der Waals surface area contributed by atoms with Gasteiger partial charge in [-0.15, -0.1) is 0 Å². The normalized spacial score (nSPS) is 10.2. The summed E-state index contributed by atoms with van der Waals surface area (Å²) in [6, 6.07) is 3.88. The molecule has 0 aromatic heterocycles. The number of ether oxygens (including phenoxy) is 3. The molecular weight excluding hydrogens is 291 g/mol. The van der Waals surface area contributed by atoms with Gasteiger partial charge >= 0.3 is 11.9 Å². The molecule has 0 radical (unpaired) electrons. The lowest BCUT2D eigenvalue weighted by atomic mass is 10.3. The molecule has 110 valence electrons. The van der Waals surface area contributed by atoms with Gasteiger partial charge in [0.1, 0.15) is 13.2 Å². The first-order chi connectivity index (χ1) is 9.54. The van der Waals surface area contributed by atoms with Crippen molar-refractivity contribution in [3.05, 3.63) is 29.0 Å². The van der Waals surface area contributed by atoms with Crippen molar-refractivity contribution < 1.29 is 28.2 Å². The van der Waals surface area contributed by atoms with Crippen molar-refractivity contribution in [1.82, 2.24) is 0 Å². The largest absolute Gasteiger partial charge is 0.464 e. The molecule has 0 aliphatic carbocycles. The molecule has 1 aromatic rings. The Hall–Kier alpha value is -1.66. The number of carbonyl (C=O) groups is 2. The van der Waals surface area contributed by atoms with Gasteiger partial charge in [-0.2, -0.15) is 0 Å². The highest BCUT2D eigenvalue weighted by atomic mass is 35.5. The molecule has 1 aromatic carbocycles. The third kappa shape index (κ3) is 5.54. The van der Waals surface area contributed by atoms with Crippen LogP contribution in [-0.2, 0) is 19.1 Å². The molecule has 7 heteroatoms. The SMILES string of the molecule is CCCOC(=O)COCC(=O)Oc1c(F)cccc1Cl. The van der Waals surface area contributed by atoms with Crippen LogP contribution in [0, 0.1) is 5.82 Å². The fraction of sp³-hybridized carbons (Fsp3) is 0.385. The van der Waals surface area contributed by atoms with Crippen LogP contribution in [0.25, 0.3) is 0 Å². The van der Waals surface area contributed by atoms with Crippen LogP contribution < -0.4 is 4.74 Å². The lowest BCUT2D eigenvalue weighted by Crippen LogP contribution is -2.20. The Morgan fingerprint density at radius 3 is 2.60 bits per heavy atom. The van der Waals surface area contributed by atoms with Crippen molar-refractivity contribution in [2.45, 2.75) is 13.3 Å². The van der Waals surface area contributed by atoms with Crippen molar-refractivity contribution >= 4 is 23.5 Å². The maximum atomic E-state index is 13.3. The third-order valence-electron chi connectivity index (χ3n) is 2.04. The summed E-state index contributed by atoms with van der Waals surface area (Å²) in [7, 11) is 0.